The Morgan fingerprint density at radius 1 is 0.905 bits per heavy atom. The molecule has 0 aliphatic rings. The van der Waals surface area contributed by atoms with E-state index in [1.54, 1.807) is 0 Å². The molecule has 3 rings (SSSR count). The number of hydrogen-bond acceptors (Lipinski definition) is 1. The number of benzene rings is 3. The van der Waals surface area contributed by atoms with Crippen LogP contribution in [0.25, 0.3) is 22.4 Å². The van der Waals surface area contributed by atoms with Crippen LogP contribution in [0.15, 0.2) is 66.7 Å². The van der Waals surface area contributed by atoms with Gasteiger partial charge in [0.25, 0.3) is 0 Å². The van der Waals surface area contributed by atoms with Gasteiger partial charge in [0.05, 0.1) is 11.6 Å². The molecule has 0 N–H and O–H groups in total. The minimum absolute atomic E-state index is 0.685. The van der Waals surface area contributed by atoms with Crippen molar-refractivity contribution >= 4 is 22.4 Å². The molecule has 0 unspecified atom stereocenters. The van der Waals surface area contributed by atoms with E-state index < -0.39 is 0 Å². The second kappa shape index (κ2) is 5.64. The summed E-state index contributed by atoms with van der Waals surface area (Å²) < 4.78 is 0. The Kier molecular flexibility index (Phi) is 3.53. The van der Waals surface area contributed by atoms with Gasteiger partial charge in [0, 0.05) is 0 Å². The lowest BCUT2D eigenvalue weighted by atomic mass is 10.0. The molecule has 0 spiro atoms. The number of rotatable bonds is 2. The molecule has 0 fully saturated rings. The van der Waals surface area contributed by atoms with Crippen LogP contribution >= 0.6 is 0 Å². The average Bonchev–Trinajstić information content (AvgIpc) is 2.53. The zero-order valence-corrected chi connectivity index (χ0v) is 11.9. The number of nitrogens with zero attached hydrogens (tertiary/aromatic N) is 1. The van der Waals surface area contributed by atoms with E-state index in [0.29, 0.717) is 5.57 Å². The Morgan fingerprint density at radius 3 is 2.33 bits per heavy atom. The van der Waals surface area contributed by atoms with Crippen molar-refractivity contribution in [1.82, 2.24) is 0 Å². The molecule has 0 radical (unpaired) electrons. The van der Waals surface area contributed by atoms with Crippen LogP contribution < -0.4 is 0 Å². The molecule has 21 heavy (non-hydrogen) atoms. The van der Waals surface area contributed by atoms with Crippen molar-refractivity contribution in [2.45, 2.75) is 6.92 Å². The fourth-order valence-corrected chi connectivity index (χ4v) is 2.38. The van der Waals surface area contributed by atoms with Gasteiger partial charge >= 0.3 is 0 Å². The standard InChI is InChI=1S/C20H15N/c1-15-6-9-18(10-7-15)20(14-21)13-16-8-11-17-4-2-3-5-19(17)12-16/h2-13H,1H3. The van der Waals surface area contributed by atoms with Crippen molar-refractivity contribution in [2.75, 3.05) is 0 Å². The van der Waals surface area contributed by atoms with Crippen molar-refractivity contribution in [3.05, 3.63) is 83.4 Å². The summed E-state index contributed by atoms with van der Waals surface area (Å²) in [5, 5.41) is 11.8. The lowest BCUT2D eigenvalue weighted by molar-refractivity contribution is 1.45. The van der Waals surface area contributed by atoms with Crippen LogP contribution in [0.3, 0.4) is 0 Å². The van der Waals surface area contributed by atoms with Gasteiger partial charge in [-0.05, 0) is 41.0 Å². The number of hydrogen-bond donors (Lipinski definition) is 0. The molecule has 3 aromatic rings. The van der Waals surface area contributed by atoms with E-state index in [1.165, 1.54) is 16.3 Å². The highest BCUT2D eigenvalue weighted by atomic mass is 14.2. The molecule has 1 heteroatoms. The minimum Gasteiger partial charge on any atom is -0.192 e. The lowest BCUT2D eigenvalue weighted by Gasteiger charge is -2.02. The summed E-state index contributed by atoms with van der Waals surface area (Å²) in [5.41, 5.74) is 3.88. The third-order valence-electron chi connectivity index (χ3n) is 3.57. The summed E-state index contributed by atoms with van der Waals surface area (Å²) in [5.74, 6) is 0. The first-order valence-corrected chi connectivity index (χ1v) is 6.94. The van der Waals surface area contributed by atoms with E-state index in [2.05, 4.69) is 30.3 Å². The molecule has 0 aromatic heterocycles. The first-order chi connectivity index (χ1) is 10.3. The summed E-state index contributed by atoms with van der Waals surface area (Å²) >= 11 is 0. The fraction of sp³-hybridized carbons (Fsp3) is 0.0500. The van der Waals surface area contributed by atoms with Crippen molar-refractivity contribution < 1.29 is 0 Å². The average molecular weight is 269 g/mol. The van der Waals surface area contributed by atoms with Crippen LogP contribution in [0.5, 0.6) is 0 Å². The van der Waals surface area contributed by atoms with E-state index in [4.69, 9.17) is 0 Å². The molecule has 0 saturated carbocycles. The molecular weight excluding hydrogens is 254 g/mol. The van der Waals surface area contributed by atoms with E-state index >= 15 is 0 Å². The molecule has 0 bridgehead atoms. The molecule has 0 aliphatic carbocycles. The van der Waals surface area contributed by atoms with Crippen molar-refractivity contribution in [3.63, 3.8) is 0 Å². The molecule has 0 amide bonds. The first-order valence-electron chi connectivity index (χ1n) is 6.94. The summed E-state index contributed by atoms with van der Waals surface area (Å²) in [6.45, 7) is 2.04. The third-order valence-corrected chi connectivity index (χ3v) is 3.57. The van der Waals surface area contributed by atoms with Gasteiger partial charge in [0.1, 0.15) is 0 Å². The van der Waals surface area contributed by atoms with Gasteiger partial charge in [-0.1, -0.05) is 66.2 Å². The molecule has 100 valence electrons. The van der Waals surface area contributed by atoms with Crippen molar-refractivity contribution in [2.24, 2.45) is 0 Å². The zero-order chi connectivity index (χ0) is 14.7. The van der Waals surface area contributed by atoms with Crippen LogP contribution in [0.1, 0.15) is 16.7 Å². The maximum Gasteiger partial charge on any atom is 0.0998 e. The summed E-state index contributed by atoms with van der Waals surface area (Å²) in [6.07, 6.45) is 1.94. The fourth-order valence-electron chi connectivity index (χ4n) is 2.38. The van der Waals surface area contributed by atoms with Crippen molar-refractivity contribution in [1.29, 1.82) is 5.26 Å². The molecule has 3 aromatic carbocycles. The highest BCUT2D eigenvalue weighted by Gasteiger charge is 2.01. The third kappa shape index (κ3) is 2.85. The highest BCUT2D eigenvalue weighted by Crippen LogP contribution is 2.21. The number of aryl methyl sites for hydroxylation is 1. The predicted molar refractivity (Wildman–Crippen MR) is 88.6 cm³/mol. The molecule has 0 atom stereocenters. The number of allylic oxidation sites excluding steroid dienone is 1. The normalized spacial score (nSPS) is 11.3. The topological polar surface area (TPSA) is 23.8 Å². The van der Waals surface area contributed by atoms with Gasteiger partial charge in [-0.15, -0.1) is 0 Å². The van der Waals surface area contributed by atoms with E-state index in [-0.39, 0.29) is 0 Å². The first kappa shape index (κ1) is 13.1. The second-order valence-electron chi connectivity index (χ2n) is 5.14. The van der Waals surface area contributed by atoms with Crippen LogP contribution in [0.4, 0.5) is 0 Å². The summed E-state index contributed by atoms with van der Waals surface area (Å²) in [6, 6.07) is 24.8. The quantitative estimate of drug-likeness (QED) is 0.462. The number of fused-ring (bicyclic) bond motifs is 1. The maximum atomic E-state index is 9.41. The van der Waals surface area contributed by atoms with Gasteiger partial charge in [0.15, 0.2) is 0 Å². The Hall–Kier alpha value is -2.85. The Labute approximate surface area is 124 Å². The van der Waals surface area contributed by atoms with Gasteiger partial charge in [-0.2, -0.15) is 5.26 Å². The molecule has 1 nitrogen and oxygen atoms in total. The van der Waals surface area contributed by atoms with Gasteiger partial charge in [-0.3, -0.25) is 0 Å². The summed E-state index contributed by atoms with van der Waals surface area (Å²) in [7, 11) is 0. The number of nitriles is 1. The van der Waals surface area contributed by atoms with Gasteiger partial charge < -0.3 is 0 Å². The largest absolute Gasteiger partial charge is 0.192 e. The molecule has 0 saturated heterocycles. The van der Waals surface area contributed by atoms with Crippen LogP contribution in [-0.4, -0.2) is 0 Å². The Bertz CT molecular complexity index is 849. The van der Waals surface area contributed by atoms with Gasteiger partial charge in [-0.25, -0.2) is 0 Å². The molecule has 0 heterocycles. The van der Waals surface area contributed by atoms with E-state index in [0.717, 1.165) is 11.1 Å². The monoisotopic (exact) mass is 269 g/mol. The predicted octanol–water partition coefficient (Wildman–Crippen LogP) is 5.21. The molecular formula is C20H15N. The maximum absolute atomic E-state index is 9.41. The van der Waals surface area contributed by atoms with E-state index in [1.807, 2.05) is 55.5 Å². The highest BCUT2D eigenvalue weighted by molar-refractivity contribution is 5.92. The minimum atomic E-state index is 0.685. The SMILES string of the molecule is Cc1ccc(C(C#N)=Cc2ccc3ccccc3c2)cc1. The zero-order valence-electron chi connectivity index (χ0n) is 11.9. The second-order valence-corrected chi connectivity index (χ2v) is 5.14. The smallest absolute Gasteiger partial charge is 0.0998 e. The van der Waals surface area contributed by atoms with Crippen LogP contribution in [0.2, 0.25) is 0 Å². The van der Waals surface area contributed by atoms with Crippen molar-refractivity contribution in [3.8, 4) is 6.07 Å². The lowest BCUT2D eigenvalue weighted by Crippen LogP contribution is -1.83. The Balaban J connectivity index is 2.04. The van der Waals surface area contributed by atoms with Crippen LogP contribution in [0, 0.1) is 18.3 Å². The van der Waals surface area contributed by atoms with Crippen LogP contribution in [-0.2, 0) is 0 Å². The summed E-state index contributed by atoms with van der Waals surface area (Å²) in [4.78, 5) is 0. The van der Waals surface area contributed by atoms with E-state index in [9.17, 15) is 5.26 Å². The van der Waals surface area contributed by atoms with Gasteiger partial charge in [0.2, 0.25) is 0 Å². The molecule has 0 aliphatic heterocycles. The Morgan fingerprint density at radius 2 is 1.62 bits per heavy atom.